The Kier molecular flexibility index (Phi) is 6.23. The van der Waals surface area contributed by atoms with E-state index in [1.54, 1.807) is 38.4 Å². The summed E-state index contributed by atoms with van der Waals surface area (Å²) in [5.41, 5.74) is 1.34. The number of likely N-dealkylation sites (N-methyl/N-ethyl adjacent to an activating group) is 1. The van der Waals surface area contributed by atoms with E-state index in [4.69, 9.17) is 14.2 Å². The molecule has 0 aliphatic carbocycles. The molecule has 0 N–H and O–H groups in total. The lowest BCUT2D eigenvalue weighted by Crippen LogP contribution is -2.23. The Balaban J connectivity index is 1.92. The minimum Gasteiger partial charge on any atom is -0.494 e. The van der Waals surface area contributed by atoms with Crippen molar-refractivity contribution in [1.29, 1.82) is 0 Å². The predicted molar refractivity (Wildman–Crippen MR) is 113 cm³/mol. The van der Waals surface area contributed by atoms with Crippen molar-refractivity contribution in [2.75, 3.05) is 21.3 Å². The molecule has 0 spiro atoms. The fourth-order valence-corrected chi connectivity index (χ4v) is 3.63. The molecule has 2 aromatic rings. The summed E-state index contributed by atoms with van der Waals surface area (Å²) in [5, 5.41) is 0.541. The van der Waals surface area contributed by atoms with Crippen LogP contribution in [0.15, 0.2) is 52.4 Å². The number of rotatable bonds is 5. The highest BCUT2D eigenvalue weighted by Gasteiger charge is 2.30. The first-order valence-corrected chi connectivity index (χ1v) is 9.50. The number of amides is 1. The minimum atomic E-state index is -0.453. The summed E-state index contributed by atoms with van der Waals surface area (Å²) in [6.07, 6.45) is 1.72. The molecule has 1 saturated heterocycles. The van der Waals surface area contributed by atoms with E-state index in [1.165, 1.54) is 30.7 Å². The van der Waals surface area contributed by atoms with Crippen molar-refractivity contribution in [2.24, 2.45) is 4.99 Å². The van der Waals surface area contributed by atoms with Crippen molar-refractivity contribution in [3.05, 3.63) is 52.9 Å². The summed E-state index contributed by atoms with van der Waals surface area (Å²) in [5.74, 6) is 0.725. The van der Waals surface area contributed by atoms with Crippen molar-refractivity contribution < 1.29 is 23.8 Å². The van der Waals surface area contributed by atoms with Crippen LogP contribution >= 0.6 is 11.8 Å². The van der Waals surface area contributed by atoms with Crippen LogP contribution < -0.4 is 14.2 Å². The van der Waals surface area contributed by atoms with E-state index in [9.17, 15) is 9.59 Å². The number of benzene rings is 2. The third-order valence-corrected chi connectivity index (χ3v) is 5.10. The van der Waals surface area contributed by atoms with Gasteiger partial charge < -0.3 is 14.2 Å². The molecular formula is C21H20N2O5S. The molecule has 29 heavy (non-hydrogen) atoms. The zero-order valence-electron chi connectivity index (χ0n) is 16.5. The van der Waals surface area contributed by atoms with Gasteiger partial charge in [0.2, 0.25) is 0 Å². The standard InChI is InChI=1S/C21H20N2O5S/c1-13(24)28-18-11-14(9-10-17(18)27-4)12-19-20(25)23(2)21(29-19)22-15-7-5-6-8-16(15)26-3/h5-12H,1-4H3/b19-12-,22-21?. The number of carbonyl (C=O) groups is 2. The van der Waals surface area contributed by atoms with Gasteiger partial charge in [0.25, 0.3) is 5.91 Å². The number of ether oxygens (including phenoxy) is 3. The number of hydrogen-bond acceptors (Lipinski definition) is 7. The second kappa shape index (κ2) is 8.83. The van der Waals surface area contributed by atoms with Crippen molar-refractivity contribution in [2.45, 2.75) is 6.92 Å². The molecule has 150 valence electrons. The minimum absolute atomic E-state index is 0.173. The molecule has 1 fully saturated rings. The molecule has 1 aliphatic heterocycles. The number of para-hydroxylation sites is 2. The first-order chi connectivity index (χ1) is 13.9. The summed E-state index contributed by atoms with van der Waals surface area (Å²) in [7, 11) is 4.74. The number of esters is 1. The van der Waals surface area contributed by atoms with Gasteiger partial charge in [-0.3, -0.25) is 14.5 Å². The van der Waals surface area contributed by atoms with Crippen LogP contribution in [0.3, 0.4) is 0 Å². The molecule has 7 nitrogen and oxygen atoms in total. The Morgan fingerprint density at radius 3 is 2.48 bits per heavy atom. The van der Waals surface area contributed by atoms with Gasteiger partial charge in [0, 0.05) is 14.0 Å². The molecule has 0 aromatic heterocycles. The summed E-state index contributed by atoms with van der Waals surface area (Å²) >= 11 is 1.26. The highest BCUT2D eigenvalue weighted by molar-refractivity contribution is 8.18. The molecule has 0 atom stereocenters. The average molecular weight is 412 g/mol. The van der Waals surface area contributed by atoms with Crippen LogP contribution in [0.25, 0.3) is 6.08 Å². The van der Waals surface area contributed by atoms with Gasteiger partial charge in [-0.05, 0) is 47.7 Å². The van der Waals surface area contributed by atoms with Crippen LogP contribution in [-0.2, 0) is 9.59 Å². The second-order valence-electron chi connectivity index (χ2n) is 6.04. The van der Waals surface area contributed by atoms with Gasteiger partial charge in [0.15, 0.2) is 16.7 Å². The van der Waals surface area contributed by atoms with E-state index in [-0.39, 0.29) is 5.91 Å². The first kappa shape index (κ1) is 20.5. The van der Waals surface area contributed by atoms with E-state index in [0.29, 0.717) is 38.6 Å². The topological polar surface area (TPSA) is 77.4 Å². The number of nitrogens with zero attached hydrogens (tertiary/aromatic N) is 2. The Bertz CT molecular complexity index is 1020. The number of hydrogen-bond donors (Lipinski definition) is 0. The Labute approximate surface area is 173 Å². The molecule has 0 bridgehead atoms. The van der Waals surface area contributed by atoms with Crippen molar-refractivity contribution in [3.63, 3.8) is 0 Å². The van der Waals surface area contributed by atoms with Gasteiger partial charge >= 0.3 is 5.97 Å². The predicted octanol–water partition coefficient (Wildman–Crippen LogP) is 3.86. The number of carbonyl (C=O) groups excluding carboxylic acids is 2. The molecule has 0 unspecified atom stereocenters. The lowest BCUT2D eigenvalue weighted by atomic mass is 10.2. The SMILES string of the molecule is COc1ccccc1N=C1S/C(=C\c2ccc(OC)c(OC(C)=O)c2)C(=O)N1C. The third-order valence-electron chi connectivity index (χ3n) is 4.04. The second-order valence-corrected chi connectivity index (χ2v) is 7.05. The molecule has 8 heteroatoms. The lowest BCUT2D eigenvalue weighted by Gasteiger charge is -2.09. The van der Waals surface area contributed by atoms with E-state index in [0.717, 1.165) is 0 Å². The van der Waals surface area contributed by atoms with Gasteiger partial charge in [0.05, 0.1) is 19.1 Å². The van der Waals surface area contributed by atoms with Gasteiger partial charge in [0.1, 0.15) is 11.4 Å². The zero-order valence-corrected chi connectivity index (χ0v) is 17.3. The maximum absolute atomic E-state index is 12.7. The van der Waals surface area contributed by atoms with Gasteiger partial charge in [-0.1, -0.05) is 18.2 Å². The first-order valence-electron chi connectivity index (χ1n) is 8.68. The lowest BCUT2D eigenvalue weighted by molar-refractivity contribution is -0.132. The number of methoxy groups -OCH3 is 2. The van der Waals surface area contributed by atoms with Crippen LogP contribution in [0.5, 0.6) is 17.2 Å². The normalized spacial score (nSPS) is 16.4. The van der Waals surface area contributed by atoms with Gasteiger partial charge in [-0.15, -0.1) is 0 Å². The summed E-state index contributed by atoms with van der Waals surface area (Å²) in [6, 6.07) is 12.5. The maximum Gasteiger partial charge on any atom is 0.308 e. The Hall–Kier alpha value is -3.26. The molecule has 3 rings (SSSR count). The van der Waals surface area contributed by atoms with Crippen LogP contribution in [0, 0.1) is 0 Å². The quantitative estimate of drug-likeness (QED) is 0.422. The molecular weight excluding hydrogens is 392 g/mol. The Morgan fingerprint density at radius 1 is 1.07 bits per heavy atom. The van der Waals surface area contributed by atoms with Crippen molar-refractivity contribution in [1.82, 2.24) is 4.90 Å². The maximum atomic E-state index is 12.7. The molecule has 0 radical (unpaired) electrons. The van der Waals surface area contributed by atoms with E-state index >= 15 is 0 Å². The molecule has 2 aromatic carbocycles. The zero-order chi connectivity index (χ0) is 21.0. The summed E-state index contributed by atoms with van der Waals surface area (Å²) in [6.45, 7) is 1.32. The average Bonchev–Trinajstić information content (AvgIpc) is 2.96. The molecule has 1 amide bonds. The van der Waals surface area contributed by atoms with E-state index < -0.39 is 5.97 Å². The fraction of sp³-hybridized carbons (Fsp3) is 0.190. The Morgan fingerprint density at radius 2 is 1.79 bits per heavy atom. The molecule has 1 aliphatic rings. The van der Waals surface area contributed by atoms with Crippen LogP contribution in [0.2, 0.25) is 0 Å². The summed E-state index contributed by atoms with van der Waals surface area (Å²) in [4.78, 5) is 30.5. The number of aliphatic imine (C=N–C) groups is 1. The van der Waals surface area contributed by atoms with Gasteiger partial charge in [-0.25, -0.2) is 4.99 Å². The largest absolute Gasteiger partial charge is 0.494 e. The van der Waals surface area contributed by atoms with Crippen LogP contribution in [0.4, 0.5) is 5.69 Å². The third kappa shape index (κ3) is 4.60. The van der Waals surface area contributed by atoms with Crippen molar-refractivity contribution >= 4 is 40.6 Å². The summed E-state index contributed by atoms with van der Waals surface area (Å²) < 4.78 is 15.7. The van der Waals surface area contributed by atoms with E-state index in [1.807, 2.05) is 24.3 Å². The number of amidine groups is 1. The molecule has 1 heterocycles. The highest BCUT2D eigenvalue weighted by atomic mass is 32.2. The number of thioether (sulfide) groups is 1. The van der Waals surface area contributed by atoms with E-state index in [2.05, 4.69) is 4.99 Å². The monoisotopic (exact) mass is 412 g/mol. The van der Waals surface area contributed by atoms with Crippen molar-refractivity contribution in [3.8, 4) is 17.2 Å². The fourth-order valence-electron chi connectivity index (χ4n) is 2.65. The highest BCUT2D eigenvalue weighted by Crippen LogP contribution is 2.36. The molecule has 0 saturated carbocycles. The van der Waals surface area contributed by atoms with Crippen LogP contribution in [0.1, 0.15) is 12.5 Å². The van der Waals surface area contributed by atoms with Crippen LogP contribution in [-0.4, -0.2) is 43.2 Å². The smallest absolute Gasteiger partial charge is 0.308 e. The van der Waals surface area contributed by atoms with Gasteiger partial charge in [-0.2, -0.15) is 0 Å².